The molecule has 0 N–H and O–H groups in total. The predicted octanol–water partition coefficient (Wildman–Crippen LogP) is 29.2. The van der Waals surface area contributed by atoms with Crippen molar-refractivity contribution in [3.8, 4) is 0 Å². The molecule has 2 rings (SSSR count). The zero-order valence-corrected chi connectivity index (χ0v) is 74.4. The van der Waals surface area contributed by atoms with Crippen molar-refractivity contribution in [1.82, 2.24) is 0 Å². The highest BCUT2D eigenvalue weighted by Crippen LogP contribution is 2.30. The van der Waals surface area contributed by atoms with Gasteiger partial charge in [-0.2, -0.15) is 0 Å². The van der Waals surface area contributed by atoms with Gasteiger partial charge >= 0.3 is 0 Å². The van der Waals surface area contributed by atoms with E-state index in [1.807, 2.05) is 13.8 Å². The molecule has 0 bridgehead atoms. The first kappa shape index (κ1) is 102. The van der Waals surface area contributed by atoms with E-state index in [9.17, 15) is 9.59 Å². The Morgan fingerprint density at radius 1 is 0.222 bits per heavy atom. The van der Waals surface area contributed by atoms with E-state index in [0.717, 1.165) is 137 Å². The van der Waals surface area contributed by atoms with Crippen LogP contribution in [0.15, 0.2) is 60.7 Å². The highest BCUT2D eigenvalue weighted by Gasteiger charge is 2.19. The number of benzene rings is 2. The summed E-state index contributed by atoms with van der Waals surface area (Å²) < 4.78 is 38.0. The van der Waals surface area contributed by atoms with Gasteiger partial charge in [0.15, 0.2) is 0 Å². The van der Waals surface area contributed by atoms with E-state index in [2.05, 4.69) is 158 Å². The molecule has 0 radical (unpaired) electrons. The van der Waals surface area contributed by atoms with E-state index in [0.29, 0.717) is 63.3 Å². The van der Waals surface area contributed by atoms with Crippen molar-refractivity contribution < 1.29 is 38.0 Å². The fraction of sp³-hybridized carbons (Fsp3) is 0.860. The molecule has 0 amide bonds. The molecule has 0 aliphatic heterocycles. The Morgan fingerprint density at radius 3 is 0.630 bits per heavy atom. The molecule has 0 unspecified atom stereocenters. The minimum Gasteiger partial charge on any atom is -0.379 e. The third-order valence-corrected chi connectivity index (χ3v) is 25.1. The van der Waals surface area contributed by atoms with Crippen LogP contribution in [0.5, 0.6) is 0 Å². The largest absolute Gasteiger partial charge is 0.379 e. The summed E-state index contributed by atoms with van der Waals surface area (Å²) in [6, 6.07) is 20.9. The van der Waals surface area contributed by atoms with Crippen LogP contribution in [-0.2, 0) is 51.2 Å². The molecule has 8 heteroatoms. The smallest absolute Gasteiger partial charge is 0.122 e. The van der Waals surface area contributed by atoms with Crippen LogP contribution in [-0.4, -0.2) is 77.6 Å². The molecule has 0 aromatic heterocycles. The number of carbonyl (C=O) groups is 2. The monoisotopic (exact) mass is 1510 g/mol. The van der Waals surface area contributed by atoms with Crippen LogP contribution in [0.1, 0.15) is 392 Å². The van der Waals surface area contributed by atoms with Crippen molar-refractivity contribution in [3.63, 3.8) is 0 Å². The lowest BCUT2D eigenvalue weighted by Crippen LogP contribution is -2.27. The van der Waals surface area contributed by atoms with Crippen molar-refractivity contribution in [1.29, 1.82) is 0 Å². The average Bonchev–Trinajstić information content (AvgIpc) is 0.968. The molecule has 630 valence electrons. The van der Waals surface area contributed by atoms with Crippen LogP contribution in [0.4, 0.5) is 0 Å². The van der Waals surface area contributed by atoms with Crippen molar-refractivity contribution in [2.75, 3.05) is 52.9 Å². The molecule has 2 aromatic carbocycles. The minimum atomic E-state index is -0.0383. The normalized spacial score (nSPS) is 17.1. The number of carbonyl (C=O) groups excluding carboxylic acids is 2. The van der Waals surface area contributed by atoms with E-state index in [1.54, 1.807) is 0 Å². The zero-order chi connectivity index (χ0) is 79.0. The van der Waals surface area contributed by atoms with Crippen LogP contribution in [0, 0.1) is 94.7 Å². The summed E-state index contributed by atoms with van der Waals surface area (Å²) in [6.07, 6.45) is 56.7. The fourth-order valence-electron chi connectivity index (χ4n) is 16.4. The summed E-state index contributed by atoms with van der Waals surface area (Å²) in [5.74, 6) is 11.3. The van der Waals surface area contributed by atoms with E-state index >= 15 is 0 Å². The fourth-order valence-corrected chi connectivity index (χ4v) is 16.4. The Hall–Kier alpha value is -2.46. The van der Waals surface area contributed by atoms with Gasteiger partial charge in [-0.3, -0.25) is 0 Å². The Kier molecular flexibility index (Phi) is 64.8. The van der Waals surface area contributed by atoms with Crippen molar-refractivity contribution in [2.24, 2.45) is 94.7 Å². The molecule has 18 atom stereocenters. The van der Waals surface area contributed by atoms with Gasteiger partial charge in [0.2, 0.25) is 0 Å². The highest BCUT2D eigenvalue weighted by molar-refractivity contribution is 5.52. The van der Waals surface area contributed by atoms with Crippen molar-refractivity contribution in [3.05, 3.63) is 71.8 Å². The summed E-state index contributed by atoms with van der Waals surface area (Å²) in [4.78, 5) is 21.9. The predicted molar refractivity (Wildman–Crippen MR) is 466 cm³/mol. The van der Waals surface area contributed by atoms with Gasteiger partial charge in [-0.15, -0.1) is 0 Å². The lowest BCUT2D eigenvalue weighted by molar-refractivity contribution is -0.111. The molecular weight excluding hydrogens is 1330 g/mol. The lowest BCUT2D eigenvalue weighted by atomic mass is 9.88. The molecule has 8 nitrogen and oxygen atoms in total. The maximum atomic E-state index is 10.9. The Labute approximate surface area is 672 Å². The third kappa shape index (κ3) is 62.0. The number of rotatable bonds is 79. The molecular formula is C100H182O8. The molecule has 0 spiro atoms. The molecule has 0 aliphatic carbocycles. The van der Waals surface area contributed by atoms with Gasteiger partial charge in [0, 0.05) is 38.3 Å². The summed E-state index contributed by atoms with van der Waals surface area (Å²) >= 11 is 0. The summed E-state index contributed by atoms with van der Waals surface area (Å²) in [7, 11) is 0. The Morgan fingerprint density at radius 2 is 0.407 bits per heavy atom. The quantitative estimate of drug-likeness (QED) is 0.0478. The molecule has 0 fully saturated rings. The minimum absolute atomic E-state index is 0.0383. The van der Waals surface area contributed by atoms with E-state index in [4.69, 9.17) is 28.4 Å². The highest BCUT2D eigenvalue weighted by atomic mass is 16.6. The number of hydrogen-bond donors (Lipinski definition) is 0. The maximum absolute atomic E-state index is 10.9. The molecule has 108 heavy (non-hydrogen) atoms. The van der Waals surface area contributed by atoms with Crippen molar-refractivity contribution >= 4 is 12.6 Å². The zero-order valence-electron chi connectivity index (χ0n) is 74.4. The van der Waals surface area contributed by atoms with Gasteiger partial charge in [0.05, 0.1) is 39.6 Å². The SMILES string of the molecule is C[C@H](CCC[C@H](C)CCC[C@H](C)CC[C@@H](C)CCC[C@@H](C)CCC[C@@H](C)CCC[C@@H](C)CCOC[C@@H](COCc1ccccc1)OCC[C@H](C)CCC[C@H](C)CCC[C@H](C)CCC[C@H](C)C=O)CCC[C@@H](C)CCOC[C@@H](COCc1ccccc1)OCC[C@H](C)CCC[C@H](C)CCC[C@H](C)CCC[C@H](C)C=O. The van der Waals surface area contributed by atoms with E-state index in [1.165, 1.54) is 242 Å². The second-order valence-corrected chi connectivity index (χ2v) is 37.7. The second-order valence-electron chi connectivity index (χ2n) is 37.7. The van der Waals surface area contributed by atoms with Gasteiger partial charge in [0.1, 0.15) is 24.8 Å². The van der Waals surface area contributed by atoms with Gasteiger partial charge in [-0.05, 0) is 133 Å². The summed E-state index contributed by atoms with van der Waals surface area (Å²) in [6.45, 7) is 45.1. The van der Waals surface area contributed by atoms with Crippen LogP contribution in [0.3, 0.4) is 0 Å². The molecule has 0 saturated carbocycles. The number of hydrogen-bond acceptors (Lipinski definition) is 8. The summed E-state index contributed by atoms with van der Waals surface area (Å²) in [5, 5.41) is 0. The molecule has 0 aliphatic rings. The van der Waals surface area contributed by atoms with Crippen LogP contribution in [0.2, 0.25) is 0 Å². The van der Waals surface area contributed by atoms with Gasteiger partial charge in [-0.25, -0.2) is 0 Å². The Bertz CT molecular complexity index is 2090. The Balaban J connectivity index is 1.50. The maximum Gasteiger partial charge on any atom is 0.122 e. The van der Waals surface area contributed by atoms with Crippen LogP contribution < -0.4 is 0 Å². The van der Waals surface area contributed by atoms with Crippen LogP contribution >= 0.6 is 0 Å². The van der Waals surface area contributed by atoms with Crippen molar-refractivity contribution in [2.45, 2.75) is 406 Å². The first-order chi connectivity index (χ1) is 52.1. The first-order valence-corrected chi connectivity index (χ1v) is 46.6. The standard InChI is InChI=1S/C100H182O8/c1-81(35-23-37-83(3)45-29-53-91(11)65-69-103-77-99(79-105-75-97-59-19-17-20-60-97)107-71-67-93(13)55-31-47-85(5)39-25-41-87(7)49-33-57-95(15)73-101)43-27-51-89(9)63-64-90(10)52-28-44-82(2)36-24-38-84(4)46-30-54-92(12)66-70-104-78-100(80-106-76-98-61-21-18-22-62-98)108-72-68-94(14)56-32-48-86(6)40-26-42-88(8)50-34-58-96(16)74-102/h17-22,59-62,73-74,81-96,99-100H,23-58,63-72,75-80H2,1-16H3/t81-,82-,83+,84+,85+,86+,87-,88-,89-,90-,91+,92+,93+,94+,95-,96-,99-,100-/m0/s1. The van der Waals surface area contributed by atoms with E-state index in [-0.39, 0.29) is 24.0 Å². The molecule has 2 aromatic rings. The lowest BCUT2D eigenvalue weighted by Gasteiger charge is -2.21. The first-order valence-electron chi connectivity index (χ1n) is 46.6. The topological polar surface area (TPSA) is 89.5 Å². The average molecular weight is 1510 g/mol. The van der Waals surface area contributed by atoms with Gasteiger partial charge in [-0.1, -0.05) is 403 Å². The van der Waals surface area contributed by atoms with Gasteiger partial charge < -0.3 is 38.0 Å². The van der Waals surface area contributed by atoms with Crippen LogP contribution in [0.25, 0.3) is 0 Å². The van der Waals surface area contributed by atoms with E-state index < -0.39 is 0 Å². The van der Waals surface area contributed by atoms with Gasteiger partial charge in [0.25, 0.3) is 0 Å². The second kappa shape index (κ2) is 68.9. The third-order valence-electron chi connectivity index (χ3n) is 25.1. The number of aldehydes is 2. The molecule has 0 heterocycles. The summed E-state index contributed by atoms with van der Waals surface area (Å²) in [5.41, 5.74) is 2.40. The molecule has 0 saturated heterocycles. The number of ether oxygens (including phenoxy) is 6.